The van der Waals surface area contributed by atoms with E-state index in [0.717, 1.165) is 17.9 Å². The third-order valence-electron chi connectivity index (χ3n) is 2.23. The summed E-state index contributed by atoms with van der Waals surface area (Å²) in [6.45, 7) is 8.19. The third kappa shape index (κ3) is 2.79. The van der Waals surface area contributed by atoms with Crippen LogP contribution in [0.1, 0.15) is 56.7 Å². The first-order valence-electron chi connectivity index (χ1n) is 5.64. The molecule has 0 bridgehead atoms. The summed E-state index contributed by atoms with van der Waals surface area (Å²) in [5.41, 5.74) is 2.30. The Morgan fingerprint density at radius 1 is 1.29 bits per heavy atom. The van der Waals surface area contributed by atoms with Crippen LogP contribution in [0.3, 0.4) is 0 Å². The average Bonchev–Trinajstić information content (AvgIpc) is 3.03. The van der Waals surface area contributed by atoms with Crippen LogP contribution in [-0.2, 0) is 6.42 Å². The summed E-state index contributed by atoms with van der Waals surface area (Å²) in [6.07, 6.45) is 3.59. The van der Waals surface area contributed by atoms with Gasteiger partial charge >= 0.3 is 0 Å². The zero-order chi connectivity index (χ0) is 10.6. The first-order valence-corrected chi connectivity index (χ1v) is 5.64. The standard InChI is InChI=1S/C10H14N2.C2H6/c1-3-9-6-7(2)11-10(12-9)8-4-5-8;1-2/h6,8H,3-5H2,1-2H3;1-2H3. The van der Waals surface area contributed by atoms with E-state index in [-0.39, 0.29) is 0 Å². The highest BCUT2D eigenvalue weighted by Gasteiger charge is 2.26. The van der Waals surface area contributed by atoms with Crippen LogP contribution in [0.15, 0.2) is 6.07 Å². The zero-order valence-electron chi connectivity index (χ0n) is 9.67. The van der Waals surface area contributed by atoms with Gasteiger partial charge in [-0.05, 0) is 32.3 Å². The number of hydrogen-bond donors (Lipinski definition) is 0. The second-order valence-electron chi connectivity index (χ2n) is 3.49. The highest BCUT2D eigenvalue weighted by atomic mass is 14.9. The summed E-state index contributed by atoms with van der Waals surface area (Å²) < 4.78 is 0. The molecule has 0 unspecified atom stereocenters. The van der Waals surface area contributed by atoms with E-state index in [0.29, 0.717) is 5.92 Å². The van der Waals surface area contributed by atoms with Crippen molar-refractivity contribution >= 4 is 0 Å². The maximum absolute atomic E-state index is 4.50. The van der Waals surface area contributed by atoms with Crippen molar-refractivity contribution in [3.05, 3.63) is 23.3 Å². The number of hydrogen-bond acceptors (Lipinski definition) is 2. The van der Waals surface area contributed by atoms with Gasteiger partial charge < -0.3 is 0 Å². The smallest absolute Gasteiger partial charge is 0.131 e. The molecule has 0 saturated heterocycles. The molecule has 0 aromatic carbocycles. The second-order valence-corrected chi connectivity index (χ2v) is 3.49. The fraction of sp³-hybridized carbons (Fsp3) is 0.667. The SMILES string of the molecule is CC.CCc1cc(C)nc(C2CC2)n1. The molecular formula is C12H20N2. The maximum Gasteiger partial charge on any atom is 0.131 e. The van der Waals surface area contributed by atoms with Crippen LogP contribution in [-0.4, -0.2) is 9.97 Å². The molecule has 0 spiro atoms. The van der Waals surface area contributed by atoms with Crippen molar-refractivity contribution in [3.8, 4) is 0 Å². The number of aromatic nitrogens is 2. The minimum atomic E-state index is 0.676. The molecule has 0 atom stereocenters. The molecule has 1 aliphatic carbocycles. The van der Waals surface area contributed by atoms with E-state index in [1.165, 1.54) is 18.5 Å². The van der Waals surface area contributed by atoms with Crippen molar-refractivity contribution in [2.75, 3.05) is 0 Å². The average molecular weight is 192 g/mol. The monoisotopic (exact) mass is 192 g/mol. The molecule has 2 nitrogen and oxygen atoms in total. The Balaban J connectivity index is 0.000000461. The van der Waals surface area contributed by atoms with Crippen molar-refractivity contribution in [2.45, 2.75) is 52.9 Å². The van der Waals surface area contributed by atoms with E-state index in [1.807, 2.05) is 20.8 Å². The summed E-state index contributed by atoms with van der Waals surface area (Å²) in [5.74, 6) is 1.75. The lowest BCUT2D eigenvalue weighted by molar-refractivity contribution is 0.861. The summed E-state index contributed by atoms with van der Waals surface area (Å²) in [5, 5.41) is 0. The Hall–Kier alpha value is -0.920. The Kier molecular flexibility index (Phi) is 4.05. The molecule has 1 aromatic rings. The van der Waals surface area contributed by atoms with Crippen molar-refractivity contribution in [3.63, 3.8) is 0 Å². The van der Waals surface area contributed by atoms with Gasteiger partial charge in [-0.25, -0.2) is 9.97 Å². The minimum Gasteiger partial charge on any atom is -0.238 e. The van der Waals surface area contributed by atoms with Gasteiger partial charge in [0.05, 0.1) is 0 Å². The quantitative estimate of drug-likeness (QED) is 0.718. The van der Waals surface area contributed by atoms with E-state index in [1.54, 1.807) is 0 Å². The van der Waals surface area contributed by atoms with Gasteiger partial charge in [-0.15, -0.1) is 0 Å². The van der Waals surface area contributed by atoms with Gasteiger partial charge in [0.25, 0.3) is 0 Å². The van der Waals surface area contributed by atoms with Gasteiger partial charge in [-0.1, -0.05) is 20.8 Å². The normalized spacial score (nSPS) is 14.6. The number of rotatable bonds is 2. The molecule has 0 N–H and O–H groups in total. The summed E-state index contributed by atoms with van der Waals surface area (Å²) in [7, 11) is 0. The molecule has 0 amide bonds. The largest absolute Gasteiger partial charge is 0.238 e. The third-order valence-corrected chi connectivity index (χ3v) is 2.23. The molecule has 0 aliphatic heterocycles. The lowest BCUT2D eigenvalue weighted by Gasteiger charge is -2.01. The fourth-order valence-corrected chi connectivity index (χ4v) is 1.36. The predicted molar refractivity (Wildman–Crippen MR) is 59.5 cm³/mol. The molecule has 2 rings (SSSR count). The first-order chi connectivity index (χ1) is 6.79. The van der Waals surface area contributed by atoms with Crippen molar-refractivity contribution in [2.24, 2.45) is 0 Å². The van der Waals surface area contributed by atoms with Crippen LogP contribution in [0.25, 0.3) is 0 Å². The molecule has 78 valence electrons. The number of aryl methyl sites for hydroxylation is 2. The molecule has 0 radical (unpaired) electrons. The fourth-order valence-electron chi connectivity index (χ4n) is 1.36. The summed E-state index contributed by atoms with van der Waals surface area (Å²) in [6, 6.07) is 2.08. The van der Waals surface area contributed by atoms with E-state index < -0.39 is 0 Å². The Morgan fingerprint density at radius 3 is 2.43 bits per heavy atom. The Bertz CT molecular complexity index is 290. The van der Waals surface area contributed by atoms with Gasteiger partial charge in [0.2, 0.25) is 0 Å². The van der Waals surface area contributed by atoms with Crippen molar-refractivity contribution in [1.29, 1.82) is 0 Å². The number of nitrogens with zero attached hydrogens (tertiary/aromatic N) is 2. The first kappa shape index (κ1) is 11.2. The van der Waals surface area contributed by atoms with Gasteiger partial charge in [0, 0.05) is 17.3 Å². The van der Waals surface area contributed by atoms with E-state index >= 15 is 0 Å². The Morgan fingerprint density at radius 2 is 1.93 bits per heavy atom. The van der Waals surface area contributed by atoms with Crippen molar-refractivity contribution in [1.82, 2.24) is 9.97 Å². The van der Waals surface area contributed by atoms with Crippen molar-refractivity contribution < 1.29 is 0 Å². The van der Waals surface area contributed by atoms with Gasteiger partial charge in [-0.2, -0.15) is 0 Å². The lowest BCUT2D eigenvalue weighted by atomic mass is 10.2. The molecule has 1 fully saturated rings. The molecule has 14 heavy (non-hydrogen) atoms. The summed E-state index contributed by atoms with van der Waals surface area (Å²) in [4.78, 5) is 8.94. The molecule has 1 aromatic heterocycles. The molecule has 1 aliphatic rings. The van der Waals surface area contributed by atoms with Crippen LogP contribution in [0, 0.1) is 6.92 Å². The van der Waals surface area contributed by atoms with Crippen LogP contribution in [0.4, 0.5) is 0 Å². The van der Waals surface area contributed by atoms with E-state index in [4.69, 9.17) is 0 Å². The highest BCUT2D eigenvalue weighted by Crippen LogP contribution is 2.37. The summed E-state index contributed by atoms with van der Waals surface area (Å²) >= 11 is 0. The molecular weight excluding hydrogens is 172 g/mol. The molecule has 1 heterocycles. The minimum absolute atomic E-state index is 0.676. The Labute approximate surface area is 86.8 Å². The molecule has 2 heteroatoms. The van der Waals surface area contributed by atoms with Gasteiger partial charge in [0.1, 0.15) is 5.82 Å². The maximum atomic E-state index is 4.50. The topological polar surface area (TPSA) is 25.8 Å². The van der Waals surface area contributed by atoms with Crippen LogP contribution in [0.5, 0.6) is 0 Å². The zero-order valence-corrected chi connectivity index (χ0v) is 9.67. The van der Waals surface area contributed by atoms with Gasteiger partial charge in [-0.3, -0.25) is 0 Å². The van der Waals surface area contributed by atoms with Crippen LogP contribution >= 0.6 is 0 Å². The predicted octanol–water partition coefficient (Wildman–Crippen LogP) is 3.25. The lowest BCUT2D eigenvalue weighted by Crippen LogP contribution is -1.98. The molecule has 1 saturated carbocycles. The second kappa shape index (κ2) is 5.08. The van der Waals surface area contributed by atoms with E-state index in [2.05, 4.69) is 23.0 Å². The van der Waals surface area contributed by atoms with Crippen LogP contribution in [0.2, 0.25) is 0 Å². The van der Waals surface area contributed by atoms with Crippen LogP contribution < -0.4 is 0 Å². The van der Waals surface area contributed by atoms with Gasteiger partial charge in [0.15, 0.2) is 0 Å². The highest BCUT2D eigenvalue weighted by molar-refractivity contribution is 5.14. The van der Waals surface area contributed by atoms with E-state index in [9.17, 15) is 0 Å².